The van der Waals surface area contributed by atoms with E-state index in [0.717, 1.165) is 4.88 Å². The van der Waals surface area contributed by atoms with Crippen LogP contribution in [0.5, 0.6) is 0 Å². The Morgan fingerprint density at radius 2 is 2.37 bits per heavy atom. The molecule has 1 aliphatic heterocycles. The first-order valence-electron chi connectivity index (χ1n) is 5.67. The summed E-state index contributed by atoms with van der Waals surface area (Å²) >= 11 is 7.19. The molecular formula is C11H13ClN2O4S. The van der Waals surface area contributed by atoms with Gasteiger partial charge in [0.25, 0.3) is 0 Å². The van der Waals surface area contributed by atoms with Crippen LogP contribution in [0.25, 0.3) is 0 Å². The molecule has 8 heteroatoms. The molecule has 2 amide bonds. The number of nitrogens with zero attached hydrogens (tertiary/aromatic N) is 1. The lowest BCUT2D eigenvalue weighted by atomic mass is 10.3. The highest BCUT2D eigenvalue weighted by Gasteiger charge is 2.28. The van der Waals surface area contributed by atoms with Gasteiger partial charge in [0.15, 0.2) is 6.10 Å². The fourth-order valence-corrected chi connectivity index (χ4v) is 2.73. The molecule has 2 N–H and O–H groups in total. The molecule has 1 saturated heterocycles. The number of urea groups is 1. The molecule has 104 valence electrons. The molecule has 0 radical (unpaired) electrons. The molecule has 0 saturated carbocycles. The highest BCUT2D eigenvalue weighted by atomic mass is 35.5. The van der Waals surface area contributed by atoms with Crippen molar-refractivity contribution >= 4 is 34.9 Å². The maximum absolute atomic E-state index is 11.9. The number of hydrogen-bond acceptors (Lipinski definition) is 4. The van der Waals surface area contributed by atoms with Crippen molar-refractivity contribution < 1.29 is 19.4 Å². The number of nitrogens with one attached hydrogen (secondary N) is 1. The molecule has 2 heterocycles. The molecule has 1 aromatic heterocycles. The van der Waals surface area contributed by atoms with Gasteiger partial charge in [-0.2, -0.15) is 0 Å². The zero-order chi connectivity index (χ0) is 13.8. The van der Waals surface area contributed by atoms with Crippen LogP contribution in [-0.4, -0.2) is 47.8 Å². The fraction of sp³-hybridized carbons (Fsp3) is 0.455. The van der Waals surface area contributed by atoms with Crippen molar-refractivity contribution in [2.24, 2.45) is 0 Å². The van der Waals surface area contributed by atoms with Crippen LogP contribution in [0.1, 0.15) is 4.88 Å². The Morgan fingerprint density at radius 1 is 1.58 bits per heavy atom. The van der Waals surface area contributed by atoms with Gasteiger partial charge in [0.2, 0.25) is 0 Å². The molecule has 0 spiro atoms. The highest BCUT2D eigenvalue weighted by molar-refractivity contribution is 7.16. The number of carbonyl (C=O) groups is 2. The van der Waals surface area contributed by atoms with E-state index < -0.39 is 12.1 Å². The largest absolute Gasteiger partial charge is 0.479 e. The van der Waals surface area contributed by atoms with E-state index in [0.29, 0.717) is 17.4 Å². The van der Waals surface area contributed by atoms with Crippen LogP contribution >= 0.6 is 22.9 Å². The summed E-state index contributed by atoms with van der Waals surface area (Å²) in [5, 5.41) is 11.6. The van der Waals surface area contributed by atoms with Crippen molar-refractivity contribution in [3.8, 4) is 0 Å². The first-order chi connectivity index (χ1) is 9.06. The molecular weight excluding hydrogens is 292 g/mol. The predicted octanol–water partition coefficient (Wildman–Crippen LogP) is 1.40. The third kappa shape index (κ3) is 3.82. The van der Waals surface area contributed by atoms with Gasteiger partial charge in [-0.3, -0.25) is 0 Å². The molecule has 0 aliphatic carbocycles. The summed E-state index contributed by atoms with van der Waals surface area (Å²) in [6, 6.07) is 3.31. The SMILES string of the molecule is O=C(O)C1CN(C(=O)NCc2ccc(Cl)s2)CCO1. The van der Waals surface area contributed by atoms with Crippen molar-refractivity contribution in [3.05, 3.63) is 21.3 Å². The van der Waals surface area contributed by atoms with Crippen molar-refractivity contribution in [1.82, 2.24) is 10.2 Å². The van der Waals surface area contributed by atoms with Gasteiger partial charge in [0, 0.05) is 11.4 Å². The standard InChI is InChI=1S/C11H13ClN2O4S/c12-9-2-1-7(19-9)5-13-11(17)14-3-4-18-8(6-14)10(15)16/h1-2,8H,3-6H2,(H,13,17)(H,15,16). The first-order valence-corrected chi connectivity index (χ1v) is 6.87. The Bertz CT molecular complexity index is 479. The average Bonchev–Trinajstić information content (AvgIpc) is 2.82. The third-order valence-electron chi connectivity index (χ3n) is 2.67. The van der Waals surface area contributed by atoms with E-state index in [1.807, 2.05) is 6.07 Å². The van der Waals surface area contributed by atoms with Crippen molar-refractivity contribution in [3.63, 3.8) is 0 Å². The number of carboxylic acids is 1. The fourth-order valence-electron chi connectivity index (χ4n) is 1.70. The van der Waals surface area contributed by atoms with E-state index in [1.54, 1.807) is 6.07 Å². The summed E-state index contributed by atoms with van der Waals surface area (Å²) in [6.45, 7) is 1.06. The number of halogens is 1. The summed E-state index contributed by atoms with van der Waals surface area (Å²) in [5.41, 5.74) is 0. The summed E-state index contributed by atoms with van der Waals surface area (Å²) in [4.78, 5) is 25.1. The molecule has 0 bridgehead atoms. The maximum atomic E-state index is 11.9. The number of rotatable bonds is 3. The van der Waals surface area contributed by atoms with Crippen molar-refractivity contribution in [2.45, 2.75) is 12.6 Å². The first kappa shape index (κ1) is 14.1. The lowest BCUT2D eigenvalue weighted by Crippen LogP contribution is -2.51. The molecule has 2 rings (SSSR count). The van der Waals surface area contributed by atoms with Gasteiger partial charge in [0.1, 0.15) is 0 Å². The molecule has 1 aromatic rings. The summed E-state index contributed by atoms with van der Waals surface area (Å²) < 4.78 is 5.72. The molecule has 1 aliphatic rings. The third-order valence-corrected chi connectivity index (χ3v) is 3.90. The summed E-state index contributed by atoms with van der Waals surface area (Å²) in [7, 11) is 0. The van der Waals surface area contributed by atoms with Gasteiger partial charge in [-0.15, -0.1) is 11.3 Å². The predicted molar refractivity (Wildman–Crippen MR) is 70.5 cm³/mol. The van der Waals surface area contributed by atoms with Gasteiger partial charge < -0.3 is 20.1 Å². The number of hydrogen-bond donors (Lipinski definition) is 2. The summed E-state index contributed by atoms with van der Waals surface area (Å²) in [6.07, 6.45) is -0.948. The number of carbonyl (C=O) groups excluding carboxylic acids is 1. The minimum atomic E-state index is -1.05. The number of morpholine rings is 1. The van der Waals surface area contributed by atoms with Crippen LogP contribution in [0.4, 0.5) is 4.79 Å². The van der Waals surface area contributed by atoms with Gasteiger partial charge >= 0.3 is 12.0 Å². The van der Waals surface area contributed by atoms with Crippen molar-refractivity contribution in [1.29, 1.82) is 0 Å². The Hall–Kier alpha value is -1.31. The van der Waals surface area contributed by atoms with Crippen LogP contribution in [-0.2, 0) is 16.1 Å². The minimum Gasteiger partial charge on any atom is -0.479 e. The Labute approximate surface area is 118 Å². The second-order valence-electron chi connectivity index (χ2n) is 4.01. The Morgan fingerprint density at radius 3 is 3.00 bits per heavy atom. The highest BCUT2D eigenvalue weighted by Crippen LogP contribution is 2.21. The molecule has 6 nitrogen and oxygen atoms in total. The monoisotopic (exact) mass is 304 g/mol. The smallest absolute Gasteiger partial charge is 0.334 e. The second kappa shape index (κ2) is 6.23. The lowest BCUT2D eigenvalue weighted by molar-refractivity contribution is -0.154. The molecule has 0 aromatic carbocycles. The van der Waals surface area contributed by atoms with E-state index in [1.165, 1.54) is 16.2 Å². The van der Waals surface area contributed by atoms with Gasteiger partial charge in [-0.25, -0.2) is 9.59 Å². The van der Waals surface area contributed by atoms with Crippen LogP contribution in [0.15, 0.2) is 12.1 Å². The van der Waals surface area contributed by atoms with E-state index in [9.17, 15) is 9.59 Å². The Kier molecular flexibility index (Phi) is 4.62. The van der Waals surface area contributed by atoms with Crippen LogP contribution < -0.4 is 5.32 Å². The van der Waals surface area contributed by atoms with E-state index in [-0.39, 0.29) is 19.2 Å². The lowest BCUT2D eigenvalue weighted by Gasteiger charge is -2.30. The quantitative estimate of drug-likeness (QED) is 0.884. The molecule has 19 heavy (non-hydrogen) atoms. The zero-order valence-electron chi connectivity index (χ0n) is 9.97. The molecule has 1 unspecified atom stereocenters. The maximum Gasteiger partial charge on any atom is 0.334 e. The van der Waals surface area contributed by atoms with E-state index in [4.69, 9.17) is 21.4 Å². The van der Waals surface area contributed by atoms with Gasteiger partial charge in [-0.05, 0) is 12.1 Å². The molecule has 1 atom stereocenters. The average molecular weight is 305 g/mol. The van der Waals surface area contributed by atoms with Crippen LogP contribution in [0.2, 0.25) is 4.34 Å². The van der Waals surface area contributed by atoms with E-state index in [2.05, 4.69) is 5.32 Å². The number of carboxylic acid groups (broad SMARTS) is 1. The summed E-state index contributed by atoms with van der Waals surface area (Å²) in [5.74, 6) is -1.05. The zero-order valence-corrected chi connectivity index (χ0v) is 11.5. The van der Waals surface area contributed by atoms with Crippen LogP contribution in [0, 0.1) is 0 Å². The number of amides is 2. The van der Waals surface area contributed by atoms with Crippen LogP contribution in [0.3, 0.4) is 0 Å². The number of ether oxygens (including phenoxy) is 1. The van der Waals surface area contributed by atoms with E-state index >= 15 is 0 Å². The number of thiophene rings is 1. The second-order valence-corrected chi connectivity index (χ2v) is 5.81. The van der Waals surface area contributed by atoms with Gasteiger partial charge in [-0.1, -0.05) is 11.6 Å². The van der Waals surface area contributed by atoms with Gasteiger partial charge in [0.05, 0.1) is 24.0 Å². The number of aliphatic carboxylic acids is 1. The van der Waals surface area contributed by atoms with Crippen molar-refractivity contribution in [2.75, 3.05) is 19.7 Å². The molecule has 1 fully saturated rings. The normalized spacial score (nSPS) is 19.2. The Balaban J connectivity index is 1.84. The topological polar surface area (TPSA) is 78.9 Å². The minimum absolute atomic E-state index is 0.0619.